The Morgan fingerprint density at radius 1 is 0.775 bits per heavy atom. The molecular formula is C33H39N5OS. The zero-order valence-electron chi connectivity index (χ0n) is 23.2. The first-order valence-corrected chi connectivity index (χ1v) is 15.2. The van der Waals surface area contributed by atoms with E-state index in [9.17, 15) is 4.79 Å². The van der Waals surface area contributed by atoms with Crippen LogP contribution in [0.25, 0.3) is 22.2 Å². The first-order valence-electron chi connectivity index (χ1n) is 14.8. The molecular weight excluding hydrogens is 514 g/mol. The normalized spacial score (nSPS) is 16.9. The van der Waals surface area contributed by atoms with Gasteiger partial charge in [0.15, 0.2) is 5.11 Å². The van der Waals surface area contributed by atoms with Gasteiger partial charge in [0.25, 0.3) is 0 Å². The highest BCUT2D eigenvalue weighted by Crippen LogP contribution is 2.30. The third kappa shape index (κ3) is 5.72. The van der Waals surface area contributed by atoms with Gasteiger partial charge in [-0.1, -0.05) is 67.1 Å². The number of likely N-dealkylation sites (tertiary alicyclic amines) is 2. The van der Waals surface area contributed by atoms with Crippen LogP contribution in [0.4, 0.5) is 5.69 Å². The van der Waals surface area contributed by atoms with Crippen LogP contribution < -0.4 is 11.0 Å². The zero-order valence-corrected chi connectivity index (χ0v) is 24.0. The molecule has 3 aromatic carbocycles. The third-order valence-corrected chi connectivity index (χ3v) is 8.90. The molecule has 2 fully saturated rings. The van der Waals surface area contributed by atoms with Crippen molar-refractivity contribution < 1.29 is 0 Å². The molecule has 0 radical (unpaired) electrons. The van der Waals surface area contributed by atoms with Gasteiger partial charge in [0.05, 0.1) is 11.0 Å². The molecule has 0 bridgehead atoms. The average molecular weight is 554 g/mol. The highest BCUT2D eigenvalue weighted by Gasteiger charge is 2.26. The van der Waals surface area contributed by atoms with E-state index in [4.69, 9.17) is 12.2 Å². The Balaban J connectivity index is 1.13. The van der Waals surface area contributed by atoms with E-state index < -0.39 is 0 Å². The van der Waals surface area contributed by atoms with Crippen molar-refractivity contribution >= 4 is 34.1 Å². The van der Waals surface area contributed by atoms with Gasteiger partial charge >= 0.3 is 5.69 Å². The molecule has 208 valence electrons. The van der Waals surface area contributed by atoms with E-state index in [1.54, 1.807) is 0 Å². The van der Waals surface area contributed by atoms with Gasteiger partial charge in [-0.25, -0.2) is 4.79 Å². The molecule has 2 aliphatic rings. The smallest absolute Gasteiger partial charge is 0.329 e. The number of piperidine rings is 2. The molecule has 0 aliphatic carbocycles. The van der Waals surface area contributed by atoms with Gasteiger partial charge in [-0.05, 0) is 87.7 Å². The fourth-order valence-corrected chi connectivity index (χ4v) is 6.71. The summed E-state index contributed by atoms with van der Waals surface area (Å²) in [5.41, 5.74) is 5.57. The molecule has 3 heterocycles. The quantitative estimate of drug-likeness (QED) is 0.269. The number of thiocarbonyl (C=S) groups is 1. The Labute approximate surface area is 242 Å². The Bertz CT molecular complexity index is 1500. The van der Waals surface area contributed by atoms with E-state index in [0.29, 0.717) is 0 Å². The number of hydrogen-bond acceptors (Lipinski definition) is 3. The zero-order chi connectivity index (χ0) is 27.3. The van der Waals surface area contributed by atoms with Crippen LogP contribution >= 0.6 is 12.2 Å². The van der Waals surface area contributed by atoms with Crippen molar-refractivity contribution in [1.82, 2.24) is 18.9 Å². The second kappa shape index (κ2) is 12.4. The molecule has 6 nitrogen and oxygen atoms in total. The maximum atomic E-state index is 13.8. The molecule has 0 amide bonds. The second-order valence-electron chi connectivity index (χ2n) is 11.1. The van der Waals surface area contributed by atoms with Gasteiger partial charge < -0.3 is 15.1 Å². The van der Waals surface area contributed by atoms with Crippen molar-refractivity contribution in [1.29, 1.82) is 0 Å². The number of para-hydroxylation sites is 3. The molecule has 1 aromatic heterocycles. The van der Waals surface area contributed by atoms with Crippen LogP contribution in [0.2, 0.25) is 0 Å². The molecule has 0 saturated carbocycles. The summed E-state index contributed by atoms with van der Waals surface area (Å²) in [4.78, 5) is 18.6. The van der Waals surface area contributed by atoms with Crippen molar-refractivity contribution in [3.8, 4) is 11.1 Å². The first kappa shape index (κ1) is 26.8. The number of aromatic nitrogens is 2. The Kier molecular flexibility index (Phi) is 8.30. The van der Waals surface area contributed by atoms with Gasteiger partial charge in [-0.3, -0.25) is 9.13 Å². The van der Waals surface area contributed by atoms with Gasteiger partial charge in [-0.2, -0.15) is 0 Å². The van der Waals surface area contributed by atoms with Crippen LogP contribution in [0.5, 0.6) is 0 Å². The lowest BCUT2D eigenvalue weighted by Gasteiger charge is -2.34. The molecule has 0 unspecified atom stereocenters. The summed E-state index contributed by atoms with van der Waals surface area (Å²) in [7, 11) is 0. The Hall–Kier alpha value is -3.42. The SMILES string of the molecule is O=c1n(CCCN2CCCCC2)c2ccccc2n1C1CCN(C(=S)Nc2ccccc2-c2ccccc2)CC1. The summed E-state index contributed by atoms with van der Waals surface area (Å²) in [6.07, 6.45) is 6.75. The molecule has 40 heavy (non-hydrogen) atoms. The number of imidazole rings is 1. The maximum absolute atomic E-state index is 13.8. The van der Waals surface area contributed by atoms with Crippen LogP contribution in [0.15, 0.2) is 83.7 Å². The predicted octanol–water partition coefficient (Wildman–Crippen LogP) is 6.38. The van der Waals surface area contributed by atoms with Crippen molar-refractivity contribution in [2.45, 2.75) is 51.1 Å². The summed E-state index contributed by atoms with van der Waals surface area (Å²) in [5.74, 6) is 0. The fraction of sp³-hybridized carbons (Fsp3) is 0.394. The number of hydrogen-bond donors (Lipinski definition) is 1. The van der Waals surface area contributed by atoms with Crippen LogP contribution in [-0.2, 0) is 6.54 Å². The largest absolute Gasteiger partial charge is 0.349 e. The van der Waals surface area contributed by atoms with Gasteiger partial charge in [0.1, 0.15) is 0 Å². The summed E-state index contributed by atoms with van der Waals surface area (Å²) in [6, 6.07) is 27.2. The summed E-state index contributed by atoms with van der Waals surface area (Å²) in [6.45, 7) is 5.89. The third-order valence-electron chi connectivity index (χ3n) is 8.54. The highest BCUT2D eigenvalue weighted by molar-refractivity contribution is 7.80. The van der Waals surface area contributed by atoms with E-state index in [1.807, 2.05) is 22.8 Å². The predicted molar refractivity (Wildman–Crippen MR) is 169 cm³/mol. The molecule has 7 heteroatoms. The van der Waals surface area contributed by atoms with Crippen molar-refractivity contribution in [3.05, 3.63) is 89.3 Å². The molecule has 2 saturated heterocycles. The Morgan fingerprint density at radius 2 is 1.45 bits per heavy atom. The highest BCUT2D eigenvalue weighted by atomic mass is 32.1. The molecule has 0 spiro atoms. The number of fused-ring (bicyclic) bond motifs is 1. The number of nitrogens with zero attached hydrogens (tertiary/aromatic N) is 4. The van der Waals surface area contributed by atoms with Gasteiger partial charge in [0, 0.05) is 36.9 Å². The molecule has 0 atom stereocenters. The van der Waals surface area contributed by atoms with E-state index in [-0.39, 0.29) is 11.7 Å². The fourth-order valence-electron chi connectivity index (χ4n) is 6.42. The monoisotopic (exact) mass is 553 g/mol. The number of rotatable bonds is 7. The minimum absolute atomic E-state index is 0.135. The van der Waals surface area contributed by atoms with Gasteiger partial charge in [-0.15, -0.1) is 0 Å². The number of benzene rings is 3. The first-order chi connectivity index (χ1) is 19.7. The lowest BCUT2D eigenvalue weighted by atomic mass is 10.0. The maximum Gasteiger partial charge on any atom is 0.329 e. The van der Waals surface area contributed by atoms with Crippen molar-refractivity contribution in [2.24, 2.45) is 0 Å². The number of nitrogens with one attached hydrogen (secondary N) is 1. The molecule has 1 N–H and O–H groups in total. The Morgan fingerprint density at radius 3 is 2.23 bits per heavy atom. The van der Waals surface area contributed by atoms with E-state index in [0.717, 1.165) is 72.8 Å². The summed E-state index contributed by atoms with van der Waals surface area (Å²) < 4.78 is 4.08. The average Bonchev–Trinajstić information content (AvgIpc) is 3.29. The van der Waals surface area contributed by atoms with Gasteiger partial charge in [0.2, 0.25) is 0 Å². The molecule has 6 rings (SSSR count). The van der Waals surface area contributed by atoms with E-state index in [2.05, 4.69) is 80.3 Å². The van der Waals surface area contributed by atoms with Crippen LogP contribution in [0.1, 0.15) is 44.6 Å². The van der Waals surface area contributed by atoms with E-state index in [1.165, 1.54) is 37.9 Å². The van der Waals surface area contributed by atoms with Crippen LogP contribution in [-0.4, -0.2) is 56.8 Å². The molecule has 4 aromatic rings. The minimum atomic E-state index is 0.135. The standard InChI is InChI=1S/C33H39N5OS/c39-33-37(23-11-22-35-20-9-2-10-21-35)30-16-7-8-17-31(30)38(33)27-18-24-36(25-19-27)32(40)34-29-15-6-5-14-28(29)26-12-3-1-4-13-26/h1,3-8,12-17,27H,2,9-11,18-25H2,(H,34,40). The summed E-state index contributed by atoms with van der Waals surface area (Å²) >= 11 is 5.87. The minimum Gasteiger partial charge on any atom is -0.349 e. The number of anilines is 1. The second-order valence-corrected chi connectivity index (χ2v) is 11.5. The lowest BCUT2D eigenvalue weighted by molar-refractivity contribution is 0.222. The topological polar surface area (TPSA) is 45.4 Å². The van der Waals surface area contributed by atoms with E-state index >= 15 is 0 Å². The van der Waals surface area contributed by atoms with Crippen LogP contribution in [0, 0.1) is 0 Å². The summed E-state index contributed by atoms with van der Waals surface area (Å²) in [5, 5.41) is 4.25. The lowest BCUT2D eigenvalue weighted by Crippen LogP contribution is -2.42. The van der Waals surface area contributed by atoms with Crippen LogP contribution in [0.3, 0.4) is 0 Å². The van der Waals surface area contributed by atoms with Crippen molar-refractivity contribution in [3.63, 3.8) is 0 Å². The number of aryl methyl sites for hydroxylation is 1. The molecule has 2 aliphatic heterocycles. The van der Waals surface area contributed by atoms with Crippen molar-refractivity contribution in [2.75, 3.05) is 38.0 Å².